The molecule has 1 aromatic carbocycles. The van der Waals surface area contributed by atoms with Gasteiger partial charge in [-0.15, -0.1) is 0 Å². The average molecular weight is 165 g/mol. The summed E-state index contributed by atoms with van der Waals surface area (Å²) in [7, 11) is 0. The standard InChI is InChI=1S/C11H14F/c1-3-4-5-10-6-9(2)7-11(12)8-10/h6-8H,2-5H2,1H3. The second kappa shape index (κ2) is 4.24. The number of rotatable bonds is 3. The molecule has 0 aliphatic rings. The summed E-state index contributed by atoms with van der Waals surface area (Å²) in [5.41, 5.74) is 1.82. The molecule has 0 fully saturated rings. The molecule has 1 aromatic rings. The summed E-state index contributed by atoms with van der Waals surface area (Å²) in [6.45, 7) is 5.84. The van der Waals surface area contributed by atoms with Crippen LogP contribution in [0.4, 0.5) is 4.39 Å². The largest absolute Gasteiger partial charge is 0.207 e. The first-order valence-corrected chi connectivity index (χ1v) is 4.34. The van der Waals surface area contributed by atoms with Gasteiger partial charge in [0.2, 0.25) is 0 Å². The van der Waals surface area contributed by atoms with Gasteiger partial charge in [0.25, 0.3) is 0 Å². The monoisotopic (exact) mass is 165 g/mol. The highest BCUT2D eigenvalue weighted by molar-refractivity contribution is 5.26. The summed E-state index contributed by atoms with van der Waals surface area (Å²) < 4.78 is 12.8. The maximum atomic E-state index is 12.8. The van der Waals surface area contributed by atoms with Crippen LogP contribution in [-0.4, -0.2) is 0 Å². The maximum absolute atomic E-state index is 12.8. The Hall–Kier alpha value is -0.850. The van der Waals surface area contributed by atoms with Gasteiger partial charge >= 0.3 is 0 Å². The van der Waals surface area contributed by atoms with E-state index in [1.54, 1.807) is 6.07 Å². The van der Waals surface area contributed by atoms with Crippen LogP contribution in [0.15, 0.2) is 18.2 Å². The molecule has 0 aliphatic heterocycles. The number of unbranched alkanes of at least 4 members (excludes halogenated alkanes) is 1. The molecular weight excluding hydrogens is 151 g/mol. The van der Waals surface area contributed by atoms with E-state index in [9.17, 15) is 4.39 Å². The average Bonchev–Trinajstić information content (AvgIpc) is 1.99. The number of hydrogen-bond acceptors (Lipinski definition) is 0. The van der Waals surface area contributed by atoms with Crippen molar-refractivity contribution in [2.24, 2.45) is 0 Å². The molecule has 0 aliphatic carbocycles. The van der Waals surface area contributed by atoms with E-state index < -0.39 is 0 Å². The van der Waals surface area contributed by atoms with Gasteiger partial charge in [0, 0.05) is 0 Å². The Morgan fingerprint density at radius 3 is 2.67 bits per heavy atom. The topological polar surface area (TPSA) is 0 Å². The molecule has 12 heavy (non-hydrogen) atoms. The van der Waals surface area contributed by atoms with Gasteiger partial charge in [0.15, 0.2) is 0 Å². The van der Waals surface area contributed by atoms with Gasteiger partial charge in [-0.2, -0.15) is 0 Å². The van der Waals surface area contributed by atoms with E-state index in [4.69, 9.17) is 0 Å². The van der Waals surface area contributed by atoms with E-state index in [1.807, 2.05) is 6.07 Å². The molecule has 0 spiro atoms. The number of halogens is 1. The molecule has 0 atom stereocenters. The third-order valence-corrected chi connectivity index (χ3v) is 1.84. The van der Waals surface area contributed by atoms with E-state index in [1.165, 1.54) is 6.07 Å². The highest BCUT2D eigenvalue weighted by Crippen LogP contribution is 2.10. The highest BCUT2D eigenvalue weighted by atomic mass is 19.1. The van der Waals surface area contributed by atoms with Crippen molar-refractivity contribution >= 4 is 0 Å². The van der Waals surface area contributed by atoms with Crippen molar-refractivity contribution in [1.82, 2.24) is 0 Å². The van der Waals surface area contributed by atoms with Crippen molar-refractivity contribution in [2.45, 2.75) is 26.2 Å². The summed E-state index contributed by atoms with van der Waals surface area (Å²) in [6, 6.07) is 4.98. The van der Waals surface area contributed by atoms with Gasteiger partial charge in [0.05, 0.1) is 0 Å². The van der Waals surface area contributed by atoms with E-state index in [-0.39, 0.29) is 5.82 Å². The zero-order chi connectivity index (χ0) is 8.97. The Labute approximate surface area is 73.4 Å². The Morgan fingerprint density at radius 1 is 1.33 bits per heavy atom. The van der Waals surface area contributed by atoms with Gasteiger partial charge in [-0.1, -0.05) is 19.4 Å². The minimum atomic E-state index is -0.173. The predicted molar refractivity (Wildman–Crippen MR) is 49.5 cm³/mol. The highest BCUT2D eigenvalue weighted by Gasteiger charge is 1.96. The second-order valence-corrected chi connectivity index (χ2v) is 3.07. The Bertz CT molecular complexity index is 233. The molecule has 0 unspecified atom stereocenters. The first-order valence-electron chi connectivity index (χ1n) is 4.34. The first kappa shape index (κ1) is 9.24. The van der Waals surface area contributed by atoms with Crippen molar-refractivity contribution in [2.75, 3.05) is 0 Å². The SMILES string of the molecule is [CH2]c1cc(F)cc(CCCC)c1. The third-order valence-electron chi connectivity index (χ3n) is 1.84. The van der Waals surface area contributed by atoms with Crippen molar-refractivity contribution in [3.8, 4) is 0 Å². The minimum absolute atomic E-state index is 0.173. The lowest BCUT2D eigenvalue weighted by atomic mass is 10.1. The van der Waals surface area contributed by atoms with Crippen molar-refractivity contribution in [3.05, 3.63) is 42.1 Å². The van der Waals surface area contributed by atoms with Crippen LogP contribution in [0.25, 0.3) is 0 Å². The molecule has 0 heterocycles. The van der Waals surface area contributed by atoms with Gasteiger partial charge in [-0.3, -0.25) is 0 Å². The predicted octanol–water partition coefficient (Wildman–Crippen LogP) is 3.35. The molecule has 1 heteroatoms. The van der Waals surface area contributed by atoms with E-state index >= 15 is 0 Å². The van der Waals surface area contributed by atoms with Crippen LogP contribution in [0.1, 0.15) is 30.9 Å². The molecule has 0 nitrogen and oxygen atoms in total. The molecular formula is C11H14F. The Morgan fingerprint density at radius 2 is 2.08 bits per heavy atom. The van der Waals surface area contributed by atoms with Crippen LogP contribution in [-0.2, 0) is 6.42 Å². The lowest BCUT2D eigenvalue weighted by Crippen LogP contribution is -1.87. The normalized spacial score (nSPS) is 10.2. The smallest absolute Gasteiger partial charge is 0.123 e. The summed E-state index contributed by atoms with van der Waals surface area (Å²) in [4.78, 5) is 0. The molecule has 0 saturated heterocycles. The molecule has 0 aromatic heterocycles. The molecule has 65 valence electrons. The molecule has 0 N–H and O–H groups in total. The zero-order valence-electron chi connectivity index (χ0n) is 7.44. The van der Waals surface area contributed by atoms with Crippen LogP contribution in [0, 0.1) is 12.7 Å². The van der Waals surface area contributed by atoms with Gasteiger partial charge < -0.3 is 0 Å². The van der Waals surface area contributed by atoms with Crippen LogP contribution in [0.2, 0.25) is 0 Å². The fourth-order valence-corrected chi connectivity index (χ4v) is 1.24. The fourth-order valence-electron chi connectivity index (χ4n) is 1.24. The Balaban J connectivity index is 2.72. The summed E-state index contributed by atoms with van der Waals surface area (Å²) in [5.74, 6) is -0.173. The van der Waals surface area contributed by atoms with Crippen molar-refractivity contribution in [3.63, 3.8) is 0 Å². The number of aryl methyl sites for hydroxylation is 1. The zero-order valence-corrected chi connectivity index (χ0v) is 7.44. The van der Waals surface area contributed by atoms with Crippen LogP contribution in [0.3, 0.4) is 0 Å². The van der Waals surface area contributed by atoms with Crippen molar-refractivity contribution < 1.29 is 4.39 Å². The Kier molecular flexibility index (Phi) is 3.27. The summed E-state index contributed by atoms with van der Waals surface area (Å²) in [6.07, 6.45) is 3.21. The van der Waals surface area contributed by atoms with E-state index in [2.05, 4.69) is 13.8 Å². The third kappa shape index (κ3) is 2.65. The first-order chi connectivity index (χ1) is 5.72. The van der Waals surface area contributed by atoms with Crippen molar-refractivity contribution in [1.29, 1.82) is 0 Å². The van der Waals surface area contributed by atoms with Gasteiger partial charge in [-0.25, -0.2) is 4.39 Å². The molecule has 0 amide bonds. The van der Waals surface area contributed by atoms with Crippen LogP contribution >= 0.6 is 0 Å². The fraction of sp³-hybridized carbons (Fsp3) is 0.364. The summed E-state index contributed by atoms with van der Waals surface area (Å²) >= 11 is 0. The lowest BCUT2D eigenvalue weighted by Gasteiger charge is -2.01. The maximum Gasteiger partial charge on any atom is 0.123 e. The number of benzene rings is 1. The number of hydrogen-bond donors (Lipinski definition) is 0. The van der Waals surface area contributed by atoms with Gasteiger partial charge in [0.1, 0.15) is 5.82 Å². The van der Waals surface area contributed by atoms with Gasteiger partial charge in [-0.05, 0) is 43.0 Å². The van der Waals surface area contributed by atoms with Crippen LogP contribution in [0.5, 0.6) is 0 Å². The summed E-state index contributed by atoms with van der Waals surface area (Å²) in [5, 5.41) is 0. The second-order valence-electron chi connectivity index (χ2n) is 3.07. The van der Waals surface area contributed by atoms with Crippen LogP contribution < -0.4 is 0 Å². The molecule has 1 radical (unpaired) electrons. The molecule has 0 bridgehead atoms. The lowest BCUT2D eigenvalue weighted by molar-refractivity contribution is 0.623. The van der Waals surface area contributed by atoms with E-state index in [0.717, 1.165) is 30.4 Å². The molecule has 0 saturated carbocycles. The van der Waals surface area contributed by atoms with E-state index in [0.29, 0.717) is 0 Å². The minimum Gasteiger partial charge on any atom is -0.207 e. The quantitative estimate of drug-likeness (QED) is 0.644. The molecule has 1 rings (SSSR count).